The van der Waals surface area contributed by atoms with Crippen LogP contribution >= 0.6 is 0 Å². The SMILES string of the molecule is CCC(N)C(=O)c1cc(OC)ccc1OC. The number of hydrogen-bond acceptors (Lipinski definition) is 4. The third-order valence-corrected chi connectivity index (χ3v) is 2.45. The molecule has 0 heterocycles. The maximum absolute atomic E-state index is 12.0. The third kappa shape index (κ3) is 2.52. The molecule has 4 nitrogen and oxygen atoms in total. The zero-order valence-electron chi connectivity index (χ0n) is 9.82. The van der Waals surface area contributed by atoms with Crippen LogP contribution in [0.2, 0.25) is 0 Å². The number of nitrogens with two attached hydrogens (primary N) is 1. The van der Waals surface area contributed by atoms with Crippen LogP contribution in [0.4, 0.5) is 0 Å². The standard InChI is InChI=1S/C12H17NO3/c1-4-10(13)12(14)9-7-8(15-2)5-6-11(9)16-3/h5-7,10H,4,13H2,1-3H3. The lowest BCUT2D eigenvalue weighted by atomic mass is 10.0. The molecule has 1 rings (SSSR count). The van der Waals surface area contributed by atoms with Crippen molar-refractivity contribution in [1.29, 1.82) is 0 Å². The van der Waals surface area contributed by atoms with Gasteiger partial charge in [-0.3, -0.25) is 4.79 Å². The van der Waals surface area contributed by atoms with Gasteiger partial charge in [0.2, 0.25) is 0 Å². The van der Waals surface area contributed by atoms with Crippen LogP contribution in [-0.4, -0.2) is 26.0 Å². The van der Waals surface area contributed by atoms with E-state index >= 15 is 0 Å². The van der Waals surface area contributed by atoms with E-state index in [1.807, 2.05) is 6.92 Å². The zero-order chi connectivity index (χ0) is 12.1. The molecule has 1 unspecified atom stereocenters. The molecule has 1 atom stereocenters. The highest BCUT2D eigenvalue weighted by molar-refractivity contribution is 6.02. The second-order valence-corrected chi connectivity index (χ2v) is 3.45. The van der Waals surface area contributed by atoms with E-state index in [-0.39, 0.29) is 5.78 Å². The van der Waals surface area contributed by atoms with Gasteiger partial charge in [-0.15, -0.1) is 0 Å². The van der Waals surface area contributed by atoms with Crippen molar-refractivity contribution >= 4 is 5.78 Å². The average Bonchev–Trinajstić information content (AvgIpc) is 2.35. The molecule has 0 spiro atoms. The summed E-state index contributed by atoms with van der Waals surface area (Å²) >= 11 is 0. The van der Waals surface area contributed by atoms with E-state index in [1.54, 1.807) is 25.3 Å². The number of Topliss-reactive ketones (excluding diaryl/α,β-unsaturated/α-hetero) is 1. The van der Waals surface area contributed by atoms with Crippen LogP contribution in [0.25, 0.3) is 0 Å². The Labute approximate surface area is 95.3 Å². The van der Waals surface area contributed by atoms with Gasteiger partial charge in [0.1, 0.15) is 11.5 Å². The molecule has 0 aromatic heterocycles. The van der Waals surface area contributed by atoms with Crippen LogP contribution in [0.1, 0.15) is 23.7 Å². The first-order chi connectivity index (χ1) is 7.63. The molecule has 88 valence electrons. The van der Waals surface area contributed by atoms with Crippen molar-refractivity contribution < 1.29 is 14.3 Å². The number of carbonyl (C=O) groups excluding carboxylic acids is 1. The number of ketones is 1. The summed E-state index contributed by atoms with van der Waals surface area (Å²) in [5.74, 6) is 1.01. The Morgan fingerprint density at radius 3 is 2.56 bits per heavy atom. The molecule has 0 amide bonds. The Morgan fingerprint density at radius 1 is 1.38 bits per heavy atom. The Bertz CT molecular complexity index is 377. The molecule has 16 heavy (non-hydrogen) atoms. The van der Waals surface area contributed by atoms with E-state index in [1.165, 1.54) is 7.11 Å². The van der Waals surface area contributed by atoms with Gasteiger partial charge in [0.05, 0.1) is 25.8 Å². The molecule has 2 N–H and O–H groups in total. The van der Waals surface area contributed by atoms with Crippen molar-refractivity contribution in [1.82, 2.24) is 0 Å². The molecular weight excluding hydrogens is 206 g/mol. The predicted octanol–water partition coefficient (Wildman–Crippen LogP) is 1.62. The summed E-state index contributed by atoms with van der Waals surface area (Å²) in [6, 6.07) is 4.60. The summed E-state index contributed by atoms with van der Waals surface area (Å²) in [5, 5.41) is 0. The van der Waals surface area contributed by atoms with Gasteiger partial charge in [0.25, 0.3) is 0 Å². The maximum Gasteiger partial charge on any atom is 0.183 e. The van der Waals surface area contributed by atoms with Crippen LogP contribution < -0.4 is 15.2 Å². The molecular formula is C12H17NO3. The van der Waals surface area contributed by atoms with Crippen LogP contribution in [0.5, 0.6) is 11.5 Å². The molecule has 0 aliphatic rings. The topological polar surface area (TPSA) is 61.6 Å². The van der Waals surface area contributed by atoms with Gasteiger partial charge in [-0.25, -0.2) is 0 Å². The summed E-state index contributed by atoms with van der Waals surface area (Å²) in [4.78, 5) is 12.0. The van der Waals surface area contributed by atoms with Crippen molar-refractivity contribution in [3.05, 3.63) is 23.8 Å². The third-order valence-electron chi connectivity index (χ3n) is 2.45. The van der Waals surface area contributed by atoms with E-state index in [9.17, 15) is 4.79 Å². The molecule has 0 fully saturated rings. The lowest BCUT2D eigenvalue weighted by Crippen LogP contribution is -2.29. The Balaban J connectivity index is 3.13. The highest BCUT2D eigenvalue weighted by Gasteiger charge is 2.18. The van der Waals surface area contributed by atoms with Gasteiger partial charge in [-0.05, 0) is 24.6 Å². The number of methoxy groups -OCH3 is 2. The molecule has 0 bridgehead atoms. The summed E-state index contributed by atoms with van der Waals surface area (Å²) in [6.07, 6.45) is 0.596. The van der Waals surface area contributed by atoms with Crippen molar-refractivity contribution in [3.8, 4) is 11.5 Å². The van der Waals surface area contributed by atoms with Gasteiger partial charge in [0.15, 0.2) is 5.78 Å². The van der Waals surface area contributed by atoms with Gasteiger partial charge in [-0.1, -0.05) is 6.92 Å². The number of carbonyl (C=O) groups is 1. The summed E-state index contributed by atoms with van der Waals surface area (Å²) < 4.78 is 10.2. The smallest absolute Gasteiger partial charge is 0.183 e. The van der Waals surface area contributed by atoms with Crippen molar-refractivity contribution in [2.24, 2.45) is 5.73 Å². The van der Waals surface area contributed by atoms with Crippen LogP contribution in [0.15, 0.2) is 18.2 Å². The molecule has 4 heteroatoms. The minimum Gasteiger partial charge on any atom is -0.497 e. The zero-order valence-corrected chi connectivity index (χ0v) is 9.82. The summed E-state index contributed by atoms with van der Waals surface area (Å²) in [6.45, 7) is 1.87. The number of rotatable bonds is 5. The van der Waals surface area contributed by atoms with E-state index in [2.05, 4.69) is 0 Å². The quantitative estimate of drug-likeness (QED) is 0.770. The number of benzene rings is 1. The average molecular weight is 223 g/mol. The summed E-state index contributed by atoms with van der Waals surface area (Å²) in [5.41, 5.74) is 6.19. The number of hydrogen-bond donors (Lipinski definition) is 1. The largest absolute Gasteiger partial charge is 0.497 e. The van der Waals surface area contributed by atoms with Crippen molar-refractivity contribution in [2.75, 3.05) is 14.2 Å². The predicted molar refractivity (Wildman–Crippen MR) is 62.1 cm³/mol. The van der Waals surface area contributed by atoms with Gasteiger partial charge in [0, 0.05) is 0 Å². The van der Waals surface area contributed by atoms with E-state index in [0.29, 0.717) is 23.5 Å². The molecule has 1 aromatic carbocycles. The normalized spacial score (nSPS) is 12.0. The van der Waals surface area contributed by atoms with Gasteiger partial charge in [-0.2, -0.15) is 0 Å². The minimum atomic E-state index is -0.499. The highest BCUT2D eigenvalue weighted by atomic mass is 16.5. The molecule has 0 saturated carbocycles. The maximum atomic E-state index is 12.0. The molecule has 0 radical (unpaired) electrons. The van der Waals surface area contributed by atoms with Crippen LogP contribution in [-0.2, 0) is 0 Å². The Hall–Kier alpha value is -1.55. The van der Waals surface area contributed by atoms with Gasteiger partial charge < -0.3 is 15.2 Å². The first-order valence-electron chi connectivity index (χ1n) is 5.15. The Morgan fingerprint density at radius 2 is 2.06 bits per heavy atom. The summed E-state index contributed by atoms with van der Waals surface area (Å²) in [7, 11) is 3.08. The van der Waals surface area contributed by atoms with E-state index < -0.39 is 6.04 Å². The fraction of sp³-hybridized carbons (Fsp3) is 0.417. The lowest BCUT2D eigenvalue weighted by molar-refractivity contribution is 0.0956. The molecule has 1 aromatic rings. The fourth-order valence-electron chi connectivity index (χ4n) is 1.39. The second-order valence-electron chi connectivity index (χ2n) is 3.45. The number of ether oxygens (including phenoxy) is 2. The fourth-order valence-corrected chi connectivity index (χ4v) is 1.39. The highest BCUT2D eigenvalue weighted by Crippen LogP contribution is 2.25. The first-order valence-corrected chi connectivity index (χ1v) is 5.15. The van der Waals surface area contributed by atoms with E-state index in [0.717, 1.165) is 0 Å². The van der Waals surface area contributed by atoms with Crippen LogP contribution in [0.3, 0.4) is 0 Å². The monoisotopic (exact) mass is 223 g/mol. The lowest BCUT2D eigenvalue weighted by Gasteiger charge is -2.12. The van der Waals surface area contributed by atoms with Crippen LogP contribution in [0, 0.1) is 0 Å². The molecule has 0 aliphatic carbocycles. The molecule has 0 saturated heterocycles. The Kier molecular flexibility index (Phi) is 4.31. The first kappa shape index (κ1) is 12.5. The van der Waals surface area contributed by atoms with E-state index in [4.69, 9.17) is 15.2 Å². The minimum absolute atomic E-state index is 0.127. The second kappa shape index (κ2) is 5.51. The van der Waals surface area contributed by atoms with Gasteiger partial charge >= 0.3 is 0 Å². The van der Waals surface area contributed by atoms with Crippen molar-refractivity contribution in [2.45, 2.75) is 19.4 Å². The van der Waals surface area contributed by atoms with Crippen molar-refractivity contribution in [3.63, 3.8) is 0 Å². The molecule has 0 aliphatic heterocycles.